The number of nitrogens with zero attached hydrogens (tertiary/aromatic N) is 1. The van der Waals surface area contributed by atoms with Crippen LogP contribution in [-0.2, 0) is 6.54 Å². The molecule has 1 fully saturated rings. The standard InChI is InChI=1S/C13H19N3O2/c1-10-11(4-3-5-12(10)16(17)18)8-15-13(2)6-7-14-9-13/h3-5,14-15H,6-9H2,1-2H3. The minimum atomic E-state index is -0.322. The van der Waals surface area contributed by atoms with Crippen LogP contribution in [0.15, 0.2) is 18.2 Å². The van der Waals surface area contributed by atoms with Gasteiger partial charge in [0.2, 0.25) is 0 Å². The van der Waals surface area contributed by atoms with Crippen LogP contribution < -0.4 is 10.6 Å². The molecule has 2 rings (SSSR count). The zero-order valence-corrected chi connectivity index (χ0v) is 10.8. The first-order valence-electron chi connectivity index (χ1n) is 6.20. The molecule has 0 saturated carbocycles. The van der Waals surface area contributed by atoms with Gasteiger partial charge in [-0.05, 0) is 32.4 Å². The molecule has 0 radical (unpaired) electrons. The van der Waals surface area contributed by atoms with E-state index in [4.69, 9.17) is 0 Å². The molecular weight excluding hydrogens is 230 g/mol. The molecule has 5 heteroatoms. The Kier molecular flexibility index (Phi) is 3.63. The predicted octanol–water partition coefficient (Wildman–Crippen LogP) is 1.74. The van der Waals surface area contributed by atoms with Crippen LogP contribution in [-0.4, -0.2) is 23.6 Å². The minimum Gasteiger partial charge on any atom is -0.315 e. The highest BCUT2D eigenvalue weighted by Crippen LogP contribution is 2.22. The second-order valence-electron chi connectivity index (χ2n) is 5.16. The van der Waals surface area contributed by atoms with Crippen molar-refractivity contribution < 1.29 is 4.92 Å². The summed E-state index contributed by atoms with van der Waals surface area (Å²) in [4.78, 5) is 10.6. The van der Waals surface area contributed by atoms with Crippen molar-refractivity contribution in [3.8, 4) is 0 Å². The summed E-state index contributed by atoms with van der Waals surface area (Å²) in [7, 11) is 0. The zero-order chi connectivity index (χ0) is 13.2. The van der Waals surface area contributed by atoms with Gasteiger partial charge in [0.25, 0.3) is 5.69 Å². The summed E-state index contributed by atoms with van der Waals surface area (Å²) < 4.78 is 0. The first-order valence-corrected chi connectivity index (χ1v) is 6.20. The Balaban J connectivity index is 2.10. The highest BCUT2D eigenvalue weighted by atomic mass is 16.6. The van der Waals surface area contributed by atoms with Gasteiger partial charge in [-0.25, -0.2) is 0 Å². The third-order valence-electron chi connectivity index (χ3n) is 3.69. The molecule has 98 valence electrons. The van der Waals surface area contributed by atoms with Gasteiger partial charge in [0.05, 0.1) is 4.92 Å². The van der Waals surface area contributed by atoms with Crippen LogP contribution in [0.2, 0.25) is 0 Å². The Labute approximate surface area is 107 Å². The van der Waals surface area contributed by atoms with Crippen LogP contribution in [0.4, 0.5) is 5.69 Å². The van der Waals surface area contributed by atoms with E-state index in [1.165, 1.54) is 0 Å². The summed E-state index contributed by atoms with van der Waals surface area (Å²) in [5, 5.41) is 17.7. The third kappa shape index (κ3) is 2.68. The summed E-state index contributed by atoms with van der Waals surface area (Å²) in [5.74, 6) is 0. The van der Waals surface area contributed by atoms with Crippen molar-refractivity contribution in [1.29, 1.82) is 0 Å². The number of hydrogen-bond acceptors (Lipinski definition) is 4. The van der Waals surface area contributed by atoms with E-state index in [2.05, 4.69) is 17.6 Å². The maximum Gasteiger partial charge on any atom is 0.272 e. The Bertz CT molecular complexity index is 454. The van der Waals surface area contributed by atoms with Gasteiger partial charge in [0, 0.05) is 30.3 Å². The molecule has 1 heterocycles. The Morgan fingerprint density at radius 1 is 1.56 bits per heavy atom. The van der Waals surface area contributed by atoms with E-state index in [1.807, 2.05) is 13.0 Å². The van der Waals surface area contributed by atoms with Crippen LogP contribution in [0.3, 0.4) is 0 Å². The van der Waals surface area contributed by atoms with E-state index in [-0.39, 0.29) is 16.1 Å². The molecule has 1 saturated heterocycles. The summed E-state index contributed by atoms with van der Waals surface area (Å²) in [6.45, 7) is 6.63. The molecule has 2 N–H and O–H groups in total. The maximum absolute atomic E-state index is 10.9. The Morgan fingerprint density at radius 2 is 2.33 bits per heavy atom. The number of nitro groups is 1. The molecule has 1 unspecified atom stereocenters. The SMILES string of the molecule is Cc1c(CNC2(C)CCNC2)cccc1[N+](=O)[O-]. The smallest absolute Gasteiger partial charge is 0.272 e. The molecule has 5 nitrogen and oxygen atoms in total. The molecule has 1 aliphatic rings. The largest absolute Gasteiger partial charge is 0.315 e. The fourth-order valence-corrected chi connectivity index (χ4v) is 2.34. The van der Waals surface area contributed by atoms with Crippen molar-refractivity contribution >= 4 is 5.69 Å². The van der Waals surface area contributed by atoms with Crippen LogP contribution in [0.5, 0.6) is 0 Å². The molecule has 0 spiro atoms. The van der Waals surface area contributed by atoms with Crippen LogP contribution in [0, 0.1) is 17.0 Å². The number of nitro benzene ring substituents is 1. The van der Waals surface area contributed by atoms with Crippen molar-refractivity contribution in [2.24, 2.45) is 0 Å². The van der Waals surface area contributed by atoms with E-state index < -0.39 is 0 Å². The second-order valence-corrected chi connectivity index (χ2v) is 5.16. The predicted molar refractivity (Wildman–Crippen MR) is 70.6 cm³/mol. The number of nitrogens with one attached hydrogen (secondary N) is 2. The zero-order valence-electron chi connectivity index (χ0n) is 10.8. The van der Waals surface area contributed by atoms with Crippen molar-refractivity contribution in [2.75, 3.05) is 13.1 Å². The fraction of sp³-hybridized carbons (Fsp3) is 0.538. The molecule has 0 aromatic heterocycles. The van der Waals surface area contributed by atoms with Crippen molar-refractivity contribution in [1.82, 2.24) is 10.6 Å². The third-order valence-corrected chi connectivity index (χ3v) is 3.69. The van der Waals surface area contributed by atoms with Gasteiger partial charge in [0.15, 0.2) is 0 Å². The molecule has 0 aliphatic carbocycles. The number of benzene rings is 1. The van der Waals surface area contributed by atoms with Crippen molar-refractivity contribution in [3.05, 3.63) is 39.4 Å². The lowest BCUT2D eigenvalue weighted by molar-refractivity contribution is -0.385. The molecule has 1 aromatic rings. The van der Waals surface area contributed by atoms with Gasteiger partial charge in [-0.15, -0.1) is 0 Å². The lowest BCUT2D eigenvalue weighted by Gasteiger charge is -2.25. The summed E-state index contributed by atoms with van der Waals surface area (Å²) in [6, 6.07) is 5.25. The Morgan fingerprint density at radius 3 is 2.94 bits per heavy atom. The molecule has 1 atom stereocenters. The van der Waals surface area contributed by atoms with E-state index >= 15 is 0 Å². The topological polar surface area (TPSA) is 67.2 Å². The molecule has 1 aromatic carbocycles. The summed E-state index contributed by atoms with van der Waals surface area (Å²) in [5.41, 5.74) is 2.04. The van der Waals surface area contributed by atoms with Crippen molar-refractivity contribution in [3.63, 3.8) is 0 Å². The van der Waals surface area contributed by atoms with Gasteiger partial charge in [-0.3, -0.25) is 10.1 Å². The van der Waals surface area contributed by atoms with Gasteiger partial charge in [-0.1, -0.05) is 12.1 Å². The molecule has 0 bridgehead atoms. The normalized spacial score (nSPS) is 23.2. The minimum absolute atomic E-state index is 0.0943. The van der Waals surface area contributed by atoms with Crippen LogP contribution in [0.1, 0.15) is 24.5 Å². The van der Waals surface area contributed by atoms with Crippen molar-refractivity contribution in [2.45, 2.75) is 32.4 Å². The fourth-order valence-electron chi connectivity index (χ4n) is 2.34. The average Bonchev–Trinajstić information content (AvgIpc) is 2.75. The van der Waals surface area contributed by atoms with Gasteiger partial charge < -0.3 is 10.6 Å². The van der Waals surface area contributed by atoms with Gasteiger partial charge in [0.1, 0.15) is 0 Å². The quantitative estimate of drug-likeness (QED) is 0.630. The van der Waals surface area contributed by atoms with Crippen LogP contribution in [0.25, 0.3) is 0 Å². The van der Waals surface area contributed by atoms with E-state index in [0.29, 0.717) is 6.54 Å². The first kappa shape index (κ1) is 13.0. The Hall–Kier alpha value is -1.46. The van der Waals surface area contributed by atoms with Crippen LogP contribution >= 0.6 is 0 Å². The molecule has 18 heavy (non-hydrogen) atoms. The summed E-state index contributed by atoms with van der Waals surface area (Å²) in [6.07, 6.45) is 1.08. The second kappa shape index (κ2) is 5.04. The highest BCUT2D eigenvalue weighted by Gasteiger charge is 2.27. The molecule has 0 amide bonds. The van der Waals surface area contributed by atoms with Gasteiger partial charge >= 0.3 is 0 Å². The molecular formula is C13H19N3O2. The number of hydrogen-bond donors (Lipinski definition) is 2. The molecule has 1 aliphatic heterocycles. The first-order chi connectivity index (χ1) is 8.52. The average molecular weight is 249 g/mol. The highest BCUT2D eigenvalue weighted by molar-refractivity contribution is 5.44. The van der Waals surface area contributed by atoms with E-state index in [1.54, 1.807) is 12.1 Å². The monoisotopic (exact) mass is 249 g/mol. The van der Waals surface area contributed by atoms with E-state index in [0.717, 1.165) is 30.6 Å². The number of rotatable bonds is 4. The lowest BCUT2D eigenvalue weighted by Crippen LogP contribution is -2.43. The van der Waals surface area contributed by atoms with Gasteiger partial charge in [-0.2, -0.15) is 0 Å². The maximum atomic E-state index is 10.9. The lowest BCUT2D eigenvalue weighted by atomic mass is 10.00. The summed E-state index contributed by atoms with van der Waals surface area (Å²) >= 11 is 0. The van der Waals surface area contributed by atoms with E-state index in [9.17, 15) is 10.1 Å².